The number of para-hydroxylation sites is 1. The molecule has 0 bridgehead atoms. The van der Waals surface area contributed by atoms with Gasteiger partial charge in [0, 0.05) is 43.0 Å². The third kappa shape index (κ3) is 5.99. The maximum atomic E-state index is 13.3. The molecule has 0 aliphatic carbocycles. The zero-order valence-corrected chi connectivity index (χ0v) is 21.7. The second-order valence-corrected chi connectivity index (χ2v) is 10.3. The smallest absolute Gasteiger partial charge is 0.406 e. The highest BCUT2D eigenvalue weighted by molar-refractivity contribution is 5.67. The molecule has 3 aromatic rings. The highest BCUT2D eigenvalue weighted by Crippen LogP contribution is 2.48. The predicted molar refractivity (Wildman–Crippen MR) is 142 cm³/mol. The number of ether oxygens (including phenoxy) is 2. The molecule has 2 aliphatic rings. The largest absolute Gasteiger partial charge is 0.573 e. The van der Waals surface area contributed by atoms with Crippen molar-refractivity contribution in [1.82, 2.24) is 0 Å². The number of benzene rings is 3. The molecular weight excluding hydrogens is 512 g/mol. The van der Waals surface area contributed by atoms with E-state index < -0.39 is 24.6 Å². The molecule has 1 fully saturated rings. The van der Waals surface area contributed by atoms with Crippen LogP contribution >= 0.6 is 0 Å². The number of nitrogens with zero attached hydrogens (tertiary/aromatic N) is 2. The number of morpholine rings is 1. The van der Waals surface area contributed by atoms with Gasteiger partial charge in [0.25, 0.3) is 0 Å². The molecule has 2 heterocycles. The van der Waals surface area contributed by atoms with Gasteiger partial charge in [0.2, 0.25) is 0 Å². The minimum atomic E-state index is -4.82. The van der Waals surface area contributed by atoms with Crippen molar-refractivity contribution >= 4 is 11.4 Å². The lowest BCUT2D eigenvalue weighted by molar-refractivity contribution is -0.274. The van der Waals surface area contributed by atoms with Gasteiger partial charge in [-0.05, 0) is 60.4 Å². The quantitative estimate of drug-likeness (QED) is 0.380. The van der Waals surface area contributed by atoms with Crippen LogP contribution in [0.3, 0.4) is 0 Å². The van der Waals surface area contributed by atoms with E-state index in [1.165, 1.54) is 12.1 Å². The highest BCUT2D eigenvalue weighted by atomic mass is 19.4. The molecule has 3 atom stereocenters. The Balaban J connectivity index is 1.58. The Labute approximate surface area is 225 Å². The molecule has 39 heavy (non-hydrogen) atoms. The summed E-state index contributed by atoms with van der Waals surface area (Å²) in [7, 11) is 0. The number of alkyl halides is 4. The summed E-state index contributed by atoms with van der Waals surface area (Å²) in [5, 5.41) is 10.2. The van der Waals surface area contributed by atoms with E-state index in [0.29, 0.717) is 25.1 Å². The maximum Gasteiger partial charge on any atom is 0.573 e. The Kier molecular flexibility index (Phi) is 7.73. The monoisotopic (exact) mass is 544 g/mol. The van der Waals surface area contributed by atoms with E-state index in [0.717, 1.165) is 35.6 Å². The van der Waals surface area contributed by atoms with Gasteiger partial charge in [0.05, 0.1) is 18.8 Å². The lowest BCUT2D eigenvalue weighted by Crippen LogP contribution is -2.41. The van der Waals surface area contributed by atoms with E-state index in [9.17, 15) is 22.7 Å². The summed E-state index contributed by atoms with van der Waals surface area (Å²) in [5.41, 5.74) is 3.68. The average molecular weight is 545 g/mol. The Morgan fingerprint density at radius 3 is 2.64 bits per heavy atom. The van der Waals surface area contributed by atoms with Gasteiger partial charge in [0.15, 0.2) is 0 Å². The molecule has 9 heteroatoms. The molecule has 1 saturated heterocycles. The van der Waals surface area contributed by atoms with Crippen molar-refractivity contribution in [2.75, 3.05) is 49.3 Å². The third-order valence-electron chi connectivity index (χ3n) is 7.47. The highest BCUT2D eigenvalue weighted by Gasteiger charge is 2.45. The van der Waals surface area contributed by atoms with E-state index >= 15 is 0 Å². The minimum absolute atomic E-state index is 0.0692. The van der Waals surface area contributed by atoms with Crippen molar-refractivity contribution < 1.29 is 32.1 Å². The number of aliphatic hydroxyl groups excluding tert-OH is 1. The Morgan fingerprint density at radius 2 is 1.87 bits per heavy atom. The summed E-state index contributed by atoms with van der Waals surface area (Å²) in [5.74, 6) is -0.296. The fourth-order valence-corrected chi connectivity index (χ4v) is 5.87. The van der Waals surface area contributed by atoms with Crippen molar-refractivity contribution in [3.05, 3.63) is 89.5 Å². The number of anilines is 2. The molecule has 2 aliphatic heterocycles. The first-order chi connectivity index (χ1) is 18.7. The maximum absolute atomic E-state index is 13.3. The number of aliphatic hydroxyl groups is 1. The molecule has 0 spiro atoms. The van der Waals surface area contributed by atoms with E-state index in [1.807, 2.05) is 54.3 Å². The van der Waals surface area contributed by atoms with Crippen LogP contribution in [0.2, 0.25) is 0 Å². The van der Waals surface area contributed by atoms with Gasteiger partial charge in [-0.2, -0.15) is 0 Å². The van der Waals surface area contributed by atoms with E-state index in [4.69, 9.17) is 4.74 Å². The van der Waals surface area contributed by atoms with Gasteiger partial charge >= 0.3 is 6.36 Å². The summed E-state index contributed by atoms with van der Waals surface area (Å²) in [6.07, 6.45) is -5.40. The van der Waals surface area contributed by atoms with Crippen molar-refractivity contribution in [2.24, 2.45) is 0 Å². The second-order valence-electron chi connectivity index (χ2n) is 10.3. The fourth-order valence-electron chi connectivity index (χ4n) is 5.87. The summed E-state index contributed by atoms with van der Waals surface area (Å²) in [4.78, 5) is 4.19. The average Bonchev–Trinajstić information content (AvgIpc) is 3.22. The van der Waals surface area contributed by atoms with Crippen LogP contribution in [0.4, 0.5) is 28.9 Å². The summed E-state index contributed by atoms with van der Waals surface area (Å²) < 4.78 is 62.6. The van der Waals surface area contributed by atoms with Crippen LogP contribution in [0.15, 0.2) is 72.8 Å². The topological polar surface area (TPSA) is 45.2 Å². The first-order valence-electron chi connectivity index (χ1n) is 13.1. The van der Waals surface area contributed by atoms with Gasteiger partial charge in [0.1, 0.15) is 12.4 Å². The molecule has 0 saturated carbocycles. The molecule has 5 rings (SSSR count). The van der Waals surface area contributed by atoms with Crippen LogP contribution in [-0.2, 0) is 16.6 Å². The van der Waals surface area contributed by atoms with Crippen LogP contribution < -0.4 is 14.5 Å². The normalized spacial score (nSPS) is 22.1. The fraction of sp³-hybridized carbons (Fsp3) is 0.400. The Bertz CT molecular complexity index is 1290. The van der Waals surface area contributed by atoms with Crippen LogP contribution in [0.1, 0.15) is 23.6 Å². The van der Waals surface area contributed by atoms with Crippen LogP contribution in [0.5, 0.6) is 5.75 Å². The van der Waals surface area contributed by atoms with E-state index in [-0.39, 0.29) is 18.4 Å². The molecule has 0 aromatic heterocycles. The Hall–Kier alpha value is -3.30. The Morgan fingerprint density at radius 1 is 1.08 bits per heavy atom. The van der Waals surface area contributed by atoms with Crippen LogP contribution in [0.25, 0.3) is 0 Å². The summed E-state index contributed by atoms with van der Waals surface area (Å²) >= 11 is 0. The molecular formula is C30H32F4N2O3. The lowest BCUT2D eigenvalue weighted by Gasteiger charge is -2.35. The zero-order chi connectivity index (χ0) is 27.6. The molecule has 208 valence electrons. The van der Waals surface area contributed by atoms with Crippen molar-refractivity contribution in [3.63, 3.8) is 0 Å². The molecule has 5 nitrogen and oxygen atoms in total. The second kappa shape index (κ2) is 11.1. The lowest BCUT2D eigenvalue weighted by atomic mass is 9.71. The van der Waals surface area contributed by atoms with Crippen LogP contribution in [-0.4, -0.2) is 63.1 Å². The first-order valence-corrected chi connectivity index (χ1v) is 13.1. The predicted octanol–water partition coefficient (Wildman–Crippen LogP) is 5.49. The van der Waals surface area contributed by atoms with Gasteiger partial charge in [-0.25, -0.2) is 4.39 Å². The molecule has 3 aromatic carbocycles. The SMILES string of the molecule is C[C@H]1CN(c2cccc(CC3(c4cccc(OC(F)(F)F)c4)CN(C[C@@H](O)CF)c4ccccc43)c2)CCO1. The van der Waals surface area contributed by atoms with Gasteiger partial charge < -0.3 is 24.4 Å². The third-order valence-corrected chi connectivity index (χ3v) is 7.47. The molecule has 0 radical (unpaired) electrons. The zero-order valence-electron chi connectivity index (χ0n) is 21.7. The first kappa shape index (κ1) is 27.3. The van der Waals surface area contributed by atoms with Crippen molar-refractivity contribution in [1.29, 1.82) is 0 Å². The number of hydrogen-bond acceptors (Lipinski definition) is 5. The number of fused-ring (bicyclic) bond motifs is 1. The number of rotatable bonds is 8. The van der Waals surface area contributed by atoms with Gasteiger partial charge in [-0.1, -0.05) is 42.5 Å². The van der Waals surface area contributed by atoms with Gasteiger partial charge in [-0.15, -0.1) is 13.2 Å². The van der Waals surface area contributed by atoms with E-state index in [1.54, 1.807) is 6.07 Å². The van der Waals surface area contributed by atoms with Gasteiger partial charge in [-0.3, -0.25) is 0 Å². The van der Waals surface area contributed by atoms with Crippen LogP contribution in [0, 0.1) is 0 Å². The number of hydrogen-bond donors (Lipinski definition) is 1. The number of halogens is 4. The standard InChI is InChI=1S/C30H32F4N2O3/c1-21-18-35(12-13-38-21)24-8-4-6-22(14-24)16-29(23-7-5-9-26(15-23)39-30(32,33)34)20-36(19-25(37)17-31)28-11-3-2-10-27(28)29/h2-11,14-15,21,25,37H,12-13,16-20H2,1H3/t21-,25-,29?/m0/s1. The molecule has 1 unspecified atom stereocenters. The summed E-state index contributed by atoms with van der Waals surface area (Å²) in [6.45, 7) is 3.76. The number of β-amino-alcohol motifs (C(OH)–C–C–N with tert-alkyl or cyclic N) is 1. The van der Waals surface area contributed by atoms with E-state index in [2.05, 4.69) is 21.8 Å². The van der Waals surface area contributed by atoms with Crippen molar-refractivity contribution in [3.8, 4) is 5.75 Å². The molecule has 1 N–H and O–H groups in total. The van der Waals surface area contributed by atoms with Crippen molar-refractivity contribution in [2.45, 2.75) is 37.3 Å². The molecule has 0 amide bonds. The summed E-state index contributed by atoms with van der Waals surface area (Å²) in [6, 6.07) is 21.9. The minimum Gasteiger partial charge on any atom is -0.406 e.